The minimum atomic E-state index is -0.590. The van der Waals surface area contributed by atoms with Gasteiger partial charge in [-0.1, -0.05) is 0 Å². The summed E-state index contributed by atoms with van der Waals surface area (Å²) in [4.78, 5) is 24.2. The molecule has 1 aromatic carbocycles. The monoisotopic (exact) mass is 419 g/mol. The van der Waals surface area contributed by atoms with Crippen LogP contribution < -0.4 is 15.4 Å². The van der Waals surface area contributed by atoms with E-state index in [-0.39, 0.29) is 11.7 Å². The van der Waals surface area contributed by atoms with E-state index in [1.54, 1.807) is 30.5 Å². The first-order valence-corrected chi connectivity index (χ1v) is 9.88. The molecule has 0 aliphatic rings. The molecule has 3 N–H and O–H groups in total. The van der Waals surface area contributed by atoms with E-state index in [1.807, 2.05) is 32.2 Å². The topological polar surface area (TPSA) is 91.9 Å². The van der Waals surface area contributed by atoms with E-state index < -0.39 is 11.7 Å². The number of aromatic amines is 1. The number of H-pyrrole nitrogens is 1. The van der Waals surface area contributed by atoms with Gasteiger partial charge >= 0.3 is 0 Å². The van der Waals surface area contributed by atoms with E-state index in [2.05, 4.69) is 25.6 Å². The quantitative estimate of drug-likeness (QED) is 0.402. The van der Waals surface area contributed by atoms with Gasteiger partial charge < -0.3 is 20.4 Å². The number of amides is 1. The molecular weight excluding hydrogens is 397 g/mol. The number of rotatable bonds is 7. The predicted molar refractivity (Wildman–Crippen MR) is 118 cm³/mol. The number of benzene rings is 1. The first kappa shape index (κ1) is 20.3. The van der Waals surface area contributed by atoms with Gasteiger partial charge in [0, 0.05) is 30.0 Å². The molecule has 8 heteroatoms. The Morgan fingerprint density at radius 2 is 1.97 bits per heavy atom. The van der Waals surface area contributed by atoms with Crippen LogP contribution in [0.3, 0.4) is 0 Å². The first-order valence-electron chi connectivity index (χ1n) is 9.88. The maximum atomic E-state index is 13.9. The average molecular weight is 419 g/mol. The second kappa shape index (κ2) is 8.83. The summed E-state index contributed by atoms with van der Waals surface area (Å²) in [5, 5.41) is 6.87. The number of ether oxygens (including phenoxy) is 1. The minimum Gasteiger partial charge on any atom is -0.491 e. The fourth-order valence-corrected chi connectivity index (χ4v) is 3.19. The summed E-state index contributed by atoms with van der Waals surface area (Å²) in [6.45, 7) is 4.28. The Hall–Kier alpha value is -3.94. The molecule has 0 radical (unpaired) electrons. The van der Waals surface area contributed by atoms with Crippen molar-refractivity contribution in [1.29, 1.82) is 0 Å². The normalized spacial score (nSPS) is 11.0. The van der Waals surface area contributed by atoms with Gasteiger partial charge in [0.2, 0.25) is 0 Å². The number of hydrogen-bond donors (Lipinski definition) is 3. The van der Waals surface area contributed by atoms with Crippen LogP contribution in [0.2, 0.25) is 0 Å². The molecule has 0 bridgehead atoms. The lowest BCUT2D eigenvalue weighted by Crippen LogP contribution is -2.16. The van der Waals surface area contributed by atoms with Gasteiger partial charge in [0.15, 0.2) is 0 Å². The number of anilines is 2. The lowest BCUT2D eigenvalue weighted by Gasteiger charge is -2.13. The van der Waals surface area contributed by atoms with Gasteiger partial charge in [-0.15, -0.1) is 0 Å². The van der Waals surface area contributed by atoms with Crippen LogP contribution in [0.15, 0.2) is 61.1 Å². The molecule has 7 nitrogen and oxygen atoms in total. The molecule has 1 amide bonds. The first-order chi connectivity index (χ1) is 15.0. The van der Waals surface area contributed by atoms with Gasteiger partial charge in [0.1, 0.15) is 23.0 Å². The maximum absolute atomic E-state index is 13.9. The molecule has 4 rings (SSSR count). The van der Waals surface area contributed by atoms with Crippen LogP contribution in [-0.4, -0.2) is 27.0 Å². The number of aromatic nitrogens is 3. The van der Waals surface area contributed by atoms with Crippen molar-refractivity contribution in [2.24, 2.45) is 0 Å². The molecule has 31 heavy (non-hydrogen) atoms. The molecule has 158 valence electrons. The number of fused-ring (bicyclic) bond motifs is 1. The fourth-order valence-electron chi connectivity index (χ4n) is 3.19. The summed E-state index contributed by atoms with van der Waals surface area (Å²) in [5.74, 6) is -0.0581. The van der Waals surface area contributed by atoms with E-state index in [9.17, 15) is 9.18 Å². The highest BCUT2D eigenvalue weighted by Gasteiger charge is 2.15. The van der Waals surface area contributed by atoms with Crippen LogP contribution >= 0.6 is 0 Å². The molecule has 0 atom stereocenters. The lowest BCUT2D eigenvalue weighted by molar-refractivity contribution is 0.102. The molecule has 0 fully saturated rings. The second-order valence-electron chi connectivity index (χ2n) is 7.26. The summed E-state index contributed by atoms with van der Waals surface area (Å²) in [5.41, 5.74) is 2.43. The van der Waals surface area contributed by atoms with Gasteiger partial charge in [-0.25, -0.2) is 14.4 Å². The molecule has 0 aliphatic heterocycles. The molecule has 0 aliphatic carbocycles. The highest BCUT2D eigenvalue weighted by atomic mass is 19.1. The zero-order valence-electron chi connectivity index (χ0n) is 17.1. The van der Waals surface area contributed by atoms with Crippen molar-refractivity contribution in [2.75, 3.05) is 10.6 Å². The Morgan fingerprint density at radius 3 is 2.74 bits per heavy atom. The second-order valence-corrected chi connectivity index (χ2v) is 7.26. The molecule has 0 saturated heterocycles. The third-order valence-corrected chi connectivity index (χ3v) is 4.58. The number of hydrogen-bond acceptors (Lipinski definition) is 5. The van der Waals surface area contributed by atoms with Gasteiger partial charge in [-0.05, 0) is 61.9 Å². The number of carbonyl (C=O) groups is 1. The van der Waals surface area contributed by atoms with Crippen molar-refractivity contribution in [2.45, 2.75) is 26.5 Å². The summed E-state index contributed by atoms with van der Waals surface area (Å²) in [6.07, 6.45) is 4.65. The van der Waals surface area contributed by atoms with Gasteiger partial charge in [0.25, 0.3) is 5.91 Å². The number of nitrogens with zero attached hydrogens (tertiary/aromatic N) is 2. The zero-order chi connectivity index (χ0) is 21.8. The number of nitrogens with one attached hydrogen (secondary N) is 3. The van der Waals surface area contributed by atoms with E-state index in [4.69, 9.17) is 4.74 Å². The van der Waals surface area contributed by atoms with Crippen LogP contribution in [-0.2, 0) is 6.54 Å². The highest BCUT2D eigenvalue weighted by molar-refractivity contribution is 6.07. The van der Waals surface area contributed by atoms with Gasteiger partial charge in [0.05, 0.1) is 17.9 Å². The van der Waals surface area contributed by atoms with Gasteiger partial charge in [-0.2, -0.15) is 0 Å². The van der Waals surface area contributed by atoms with Crippen molar-refractivity contribution >= 4 is 28.4 Å². The summed E-state index contributed by atoms with van der Waals surface area (Å²) in [7, 11) is 0. The standard InChI is InChI=1S/C23H22FN5O2/c1-14(2)31-18-5-3-17(4-6-18)29-23(30)20-11-16(24)13-28-22(20)27-12-15-7-9-25-21-19(15)8-10-26-21/h3-11,13-14H,12H2,1-2H3,(H,25,26)(H,27,28)(H,29,30). The third-order valence-electron chi connectivity index (χ3n) is 4.58. The fraction of sp³-hybridized carbons (Fsp3) is 0.174. The molecule has 0 unspecified atom stereocenters. The molecule has 4 aromatic rings. The summed E-state index contributed by atoms with van der Waals surface area (Å²) < 4.78 is 19.5. The van der Waals surface area contributed by atoms with E-state index in [0.717, 1.165) is 22.8 Å². The molecular formula is C23H22FN5O2. The average Bonchev–Trinajstić information content (AvgIpc) is 3.23. The summed E-state index contributed by atoms with van der Waals surface area (Å²) in [6, 6.07) is 12.0. The SMILES string of the molecule is CC(C)Oc1ccc(NC(=O)c2cc(F)cnc2NCc2ccnc3[nH]ccc23)cc1. The number of pyridine rings is 2. The minimum absolute atomic E-state index is 0.0559. The van der Waals surface area contributed by atoms with E-state index in [0.29, 0.717) is 23.8 Å². The van der Waals surface area contributed by atoms with Crippen LogP contribution in [0.1, 0.15) is 29.8 Å². The van der Waals surface area contributed by atoms with Crippen LogP contribution in [0.25, 0.3) is 11.0 Å². The van der Waals surface area contributed by atoms with Crippen molar-refractivity contribution in [3.8, 4) is 5.75 Å². The number of halogens is 1. The Labute approximate surface area is 178 Å². The zero-order valence-corrected chi connectivity index (χ0v) is 17.1. The van der Waals surface area contributed by atoms with Crippen LogP contribution in [0, 0.1) is 5.82 Å². The molecule has 0 saturated carbocycles. The van der Waals surface area contributed by atoms with Crippen LogP contribution in [0.4, 0.5) is 15.9 Å². The molecule has 3 aromatic heterocycles. The van der Waals surface area contributed by atoms with Gasteiger partial charge in [-0.3, -0.25) is 4.79 Å². The summed E-state index contributed by atoms with van der Waals surface area (Å²) >= 11 is 0. The van der Waals surface area contributed by atoms with Crippen molar-refractivity contribution in [1.82, 2.24) is 15.0 Å². The van der Waals surface area contributed by atoms with Crippen molar-refractivity contribution in [3.05, 3.63) is 78.0 Å². The predicted octanol–water partition coefficient (Wildman–Crippen LogP) is 4.75. The Kier molecular flexibility index (Phi) is 5.79. The van der Waals surface area contributed by atoms with Crippen LogP contribution in [0.5, 0.6) is 5.75 Å². The molecule has 3 heterocycles. The lowest BCUT2D eigenvalue weighted by atomic mass is 10.1. The van der Waals surface area contributed by atoms with E-state index in [1.165, 1.54) is 6.07 Å². The van der Waals surface area contributed by atoms with Crippen molar-refractivity contribution in [3.63, 3.8) is 0 Å². The smallest absolute Gasteiger partial charge is 0.259 e. The third kappa shape index (κ3) is 4.80. The Bertz CT molecular complexity index is 1200. The number of carbonyl (C=O) groups excluding carboxylic acids is 1. The Balaban J connectivity index is 1.51. The molecule has 0 spiro atoms. The Morgan fingerprint density at radius 1 is 1.16 bits per heavy atom. The largest absolute Gasteiger partial charge is 0.491 e. The highest BCUT2D eigenvalue weighted by Crippen LogP contribution is 2.21. The maximum Gasteiger partial charge on any atom is 0.259 e. The van der Waals surface area contributed by atoms with E-state index >= 15 is 0 Å². The van der Waals surface area contributed by atoms with Crippen molar-refractivity contribution < 1.29 is 13.9 Å².